The molecule has 0 N–H and O–H groups in total. The van der Waals surface area contributed by atoms with Crippen molar-refractivity contribution in [3.05, 3.63) is 23.8 Å². The van der Waals surface area contributed by atoms with Crippen LogP contribution in [0.2, 0.25) is 0 Å². The van der Waals surface area contributed by atoms with E-state index in [0.29, 0.717) is 17.9 Å². The van der Waals surface area contributed by atoms with Gasteiger partial charge in [-0.3, -0.25) is 4.79 Å². The SMILES string of the molecule is CCN(CCC(F)(F)F)C(=O)CCc1ccc(OC)c(OC)c1. The predicted octanol–water partition coefficient (Wildman–Crippen LogP) is 3.44. The molecule has 130 valence electrons. The summed E-state index contributed by atoms with van der Waals surface area (Å²) in [5.74, 6) is 0.858. The number of aryl methyl sites for hydroxylation is 1. The number of methoxy groups -OCH3 is 2. The average Bonchev–Trinajstić information content (AvgIpc) is 2.52. The number of ether oxygens (including phenoxy) is 2. The summed E-state index contributed by atoms with van der Waals surface area (Å²) in [6, 6.07) is 5.30. The van der Waals surface area contributed by atoms with Crippen molar-refractivity contribution < 1.29 is 27.4 Å². The molecule has 23 heavy (non-hydrogen) atoms. The van der Waals surface area contributed by atoms with E-state index >= 15 is 0 Å². The lowest BCUT2D eigenvalue weighted by atomic mass is 10.1. The van der Waals surface area contributed by atoms with E-state index in [4.69, 9.17) is 9.47 Å². The van der Waals surface area contributed by atoms with Gasteiger partial charge in [0.25, 0.3) is 0 Å². The van der Waals surface area contributed by atoms with Crippen LogP contribution in [-0.4, -0.2) is 44.3 Å². The molecule has 0 aliphatic rings. The van der Waals surface area contributed by atoms with Crippen molar-refractivity contribution in [2.45, 2.75) is 32.4 Å². The number of alkyl halides is 3. The lowest BCUT2D eigenvalue weighted by Crippen LogP contribution is -2.34. The molecule has 7 heteroatoms. The Labute approximate surface area is 134 Å². The van der Waals surface area contributed by atoms with Gasteiger partial charge in [-0.1, -0.05) is 6.07 Å². The van der Waals surface area contributed by atoms with E-state index in [9.17, 15) is 18.0 Å². The van der Waals surface area contributed by atoms with Crippen LogP contribution in [0, 0.1) is 0 Å². The lowest BCUT2D eigenvalue weighted by Gasteiger charge is -2.21. The Bertz CT molecular complexity index is 518. The largest absolute Gasteiger partial charge is 0.493 e. The van der Waals surface area contributed by atoms with E-state index in [1.807, 2.05) is 0 Å². The third kappa shape index (κ3) is 6.38. The summed E-state index contributed by atoms with van der Waals surface area (Å²) < 4.78 is 47.1. The van der Waals surface area contributed by atoms with Gasteiger partial charge in [0.1, 0.15) is 0 Å². The van der Waals surface area contributed by atoms with Crippen molar-refractivity contribution in [1.29, 1.82) is 0 Å². The van der Waals surface area contributed by atoms with Gasteiger partial charge in [-0.25, -0.2) is 0 Å². The van der Waals surface area contributed by atoms with Crippen molar-refractivity contribution in [3.8, 4) is 11.5 Å². The number of hydrogen-bond acceptors (Lipinski definition) is 3. The van der Waals surface area contributed by atoms with Gasteiger partial charge in [0.05, 0.1) is 20.6 Å². The molecule has 0 saturated heterocycles. The molecular formula is C16H22F3NO3. The van der Waals surface area contributed by atoms with Crippen LogP contribution >= 0.6 is 0 Å². The highest BCUT2D eigenvalue weighted by molar-refractivity contribution is 5.76. The number of carbonyl (C=O) groups excluding carboxylic acids is 1. The van der Waals surface area contributed by atoms with Gasteiger partial charge in [0, 0.05) is 19.5 Å². The van der Waals surface area contributed by atoms with Crippen molar-refractivity contribution in [2.24, 2.45) is 0 Å². The number of nitrogens with zero attached hydrogens (tertiary/aromatic N) is 1. The number of rotatable bonds is 8. The van der Waals surface area contributed by atoms with Crippen LogP contribution < -0.4 is 9.47 Å². The molecule has 0 aliphatic carbocycles. The monoisotopic (exact) mass is 333 g/mol. The maximum absolute atomic E-state index is 12.3. The summed E-state index contributed by atoms with van der Waals surface area (Å²) in [5, 5.41) is 0. The molecule has 0 saturated carbocycles. The average molecular weight is 333 g/mol. The quantitative estimate of drug-likeness (QED) is 0.731. The molecule has 0 aliphatic heterocycles. The van der Waals surface area contributed by atoms with Gasteiger partial charge in [-0.05, 0) is 31.0 Å². The zero-order valence-electron chi connectivity index (χ0n) is 13.6. The Morgan fingerprint density at radius 2 is 1.83 bits per heavy atom. The molecule has 0 atom stereocenters. The van der Waals surface area contributed by atoms with E-state index in [2.05, 4.69) is 0 Å². The summed E-state index contributed by atoms with van der Waals surface area (Å²) >= 11 is 0. The van der Waals surface area contributed by atoms with Gasteiger partial charge < -0.3 is 14.4 Å². The minimum Gasteiger partial charge on any atom is -0.493 e. The third-order valence-electron chi connectivity index (χ3n) is 3.48. The first-order valence-electron chi connectivity index (χ1n) is 7.36. The number of halogens is 3. The van der Waals surface area contributed by atoms with E-state index in [0.717, 1.165) is 5.56 Å². The van der Waals surface area contributed by atoms with Crippen LogP contribution in [0.25, 0.3) is 0 Å². The molecule has 0 fully saturated rings. The fraction of sp³-hybridized carbons (Fsp3) is 0.562. The van der Waals surface area contributed by atoms with Crippen LogP contribution in [0.15, 0.2) is 18.2 Å². The highest BCUT2D eigenvalue weighted by Crippen LogP contribution is 2.28. The lowest BCUT2D eigenvalue weighted by molar-refractivity contribution is -0.145. The number of benzene rings is 1. The van der Waals surface area contributed by atoms with E-state index in [1.165, 1.54) is 19.1 Å². The summed E-state index contributed by atoms with van der Waals surface area (Å²) in [4.78, 5) is 13.3. The number of amides is 1. The van der Waals surface area contributed by atoms with Crippen LogP contribution in [-0.2, 0) is 11.2 Å². The Hall–Kier alpha value is -1.92. The molecule has 1 rings (SSSR count). The van der Waals surface area contributed by atoms with E-state index in [1.54, 1.807) is 25.1 Å². The zero-order chi connectivity index (χ0) is 17.5. The first kappa shape index (κ1) is 19.1. The number of carbonyl (C=O) groups is 1. The third-order valence-corrected chi connectivity index (χ3v) is 3.48. The van der Waals surface area contributed by atoms with Crippen LogP contribution in [0.5, 0.6) is 11.5 Å². The normalized spacial score (nSPS) is 11.2. The summed E-state index contributed by atoms with van der Waals surface area (Å²) in [6.07, 6.45) is -4.65. The second-order valence-electron chi connectivity index (χ2n) is 5.03. The predicted molar refractivity (Wildman–Crippen MR) is 80.8 cm³/mol. The molecule has 0 aromatic heterocycles. The Kier molecular flexibility index (Phi) is 7.19. The topological polar surface area (TPSA) is 38.8 Å². The van der Waals surface area contributed by atoms with E-state index < -0.39 is 12.6 Å². The smallest absolute Gasteiger partial charge is 0.390 e. The maximum atomic E-state index is 12.3. The Morgan fingerprint density at radius 1 is 1.17 bits per heavy atom. The molecule has 1 amide bonds. The molecule has 0 heterocycles. The molecule has 0 unspecified atom stereocenters. The fourth-order valence-electron chi connectivity index (χ4n) is 2.17. The second kappa shape index (κ2) is 8.64. The molecule has 0 bridgehead atoms. The first-order valence-corrected chi connectivity index (χ1v) is 7.36. The zero-order valence-corrected chi connectivity index (χ0v) is 13.6. The van der Waals surface area contributed by atoms with Gasteiger partial charge >= 0.3 is 6.18 Å². The summed E-state index contributed by atoms with van der Waals surface area (Å²) in [5.41, 5.74) is 0.864. The molecule has 1 aromatic carbocycles. The minimum atomic E-state index is -4.25. The second-order valence-corrected chi connectivity index (χ2v) is 5.03. The number of hydrogen-bond donors (Lipinski definition) is 0. The van der Waals surface area contributed by atoms with E-state index in [-0.39, 0.29) is 25.4 Å². The fourth-order valence-corrected chi connectivity index (χ4v) is 2.17. The van der Waals surface area contributed by atoms with Gasteiger partial charge in [0.15, 0.2) is 11.5 Å². The van der Waals surface area contributed by atoms with Crippen LogP contribution in [0.1, 0.15) is 25.3 Å². The molecule has 4 nitrogen and oxygen atoms in total. The molecule has 0 radical (unpaired) electrons. The van der Waals surface area contributed by atoms with Gasteiger partial charge in [0.2, 0.25) is 5.91 Å². The van der Waals surface area contributed by atoms with Crippen molar-refractivity contribution >= 4 is 5.91 Å². The maximum Gasteiger partial charge on any atom is 0.390 e. The first-order chi connectivity index (χ1) is 10.8. The highest BCUT2D eigenvalue weighted by Gasteiger charge is 2.28. The molecular weight excluding hydrogens is 311 g/mol. The van der Waals surface area contributed by atoms with Crippen LogP contribution in [0.3, 0.4) is 0 Å². The van der Waals surface area contributed by atoms with Crippen molar-refractivity contribution in [1.82, 2.24) is 4.90 Å². The standard InChI is InChI=1S/C16H22F3NO3/c1-4-20(10-9-16(17,18)19)15(21)8-6-12-5-7-13(22-2)14(11-12)23-3/h5,7,11H,4,6,8-10H2,1-3H3. The van der Waals surface area contributed by atoms with Crippen molar-refractivity contribution in [2.75, 3.05) is 27.3 Å². The van der Waals surface area contributed by atoms with Gasteiger partial charge in [-0.2, -0.15) is 13.2 Å². The van der Waals surface area contributed by atoms with Gasteiger partial charge in [-0.15, -0.1) is 0 Å². The van der Waals surface area contributed by atoms with Crippen molar-refractivity contribution in [3.63, 3.8) is 0 Å². The Balaban J connectivity index is 2.60. The molecule has 0 spiro atoms. The summed E-state index contributed by atoms with van der Waals surface area (Å²) in [6.45, 7) is 1.64. The highest BCUT2D eigenvalue weighted by atomic mass is 19.4. The minimum absolute atomic E-state index is 0.154. The molecule has 1 aromatic rings. The summed E-state index contributed by atoms with van der Waals surface area (Å²) in [7, 11) is 3.05. The Morgan fingerprint density at radius 3 is 2.35 bits per heavy atom. The van der Waals surface area contributed by atoms with Crippen LogP contribution in [0.4, 0.5) is 13.2 Å².